The van der Waals surface area contributed by atoms with Crippen molar-refractivity contribution in [1.82, 2.24) is 14.7 Å². The number of likely N-dealkylation sites (tertiary alicyclic amines) is 1. The van der Waals surface area contributed by atoms with Crippen molar-refractivity contribution in [3.05, 3.63) is 47.8 Å². The van der Waals surface area contributed by atoms with Crippen molar-refractivity contribution in [2.45, 2.75) is 25.8 Å². The summed E-state index contributed by atoms with van der Waals surface area (Å²) in [6.07, 6.45) is 4.00. The van der Waals surface area contributed by atoms with Gasteiger partial charge in [-0.25, -0.2) is 13.5 Å². The molecular weight excluding hydrogens is 314 g/mol. The third-order valence-electron chi connectivity index (χ3n) is 4.38. The van der Waals surface area contributed by atoms with Gasteiger partial charge in [-0.05, 0) is 50.0 Å². The number of amides is 1. The summed E-state index contributed by atoms with van der Waals surface area (Å²) in [6, 6.07) is 5.26. The summed E-state index contributed by atoms with van der Waals surface area (Å²) in [7, 11) is 0. The molecule has 7 heteroatoms. The van der Waals surface area contributed by atoms with Gasteiger partial charge < -0.3 is 5.73 Å². The molecule has 0 atom stereocenters. The van der Waals surface area contributed by atoms with Gasteiger partial charge in [0.05, 0.1) is 5.69 Å². The van der Waals surface area contributed by atoms with Gasteiger partial charge in [0, 0.05) is 25.2 Å². The first-order valence-electron chi connectivity index (χ1n) is 8.02. The molecule has 0 bridgehead atoms. The summed E-state index contributed by atoms with van der Waals surface area (Å²) in [4.78, 5) is 13.2. The number of hydrogen-bond acceptors (Lipinski definition) is 3. The van der Waals surface area contributed by atoms with Crippen molar-refractivity contribution in [3.8, 4) is 5.69 Å². The molecule has 0 radical (unpaired) electrons. The second kappa shape index (κ2) is 7.09. The Hall–Kier alpha value is -2.28. The molecule has 5 nitrogen and oxygen atoms in total. The highest BCUT2D eigenvalue weighted by atomic mass is 19.1. The molecule has 1 saturated heterocycles. The van der Waals surface area contributed by atoms with Gasteiger partial charge in [-0.3, -0.25) is 9.69 Å². The summed E-state index contributed by atoms with van der Waals surface area (Å²) in [6.45, 7) is 2.44. The van der Waals surface area contributed by atoms with Crippen molar-refractivity contribution in [1.29, 1.82) is 0 Å². The molecule has 1 aromatic carbocycles. The SMILES string of the molecule is NC(=O)CC1CCN(Cc2ccn(-c3ccc(F)cc3F)n2)CC1. The summed E-state index contributed by atoms with van der Waals surface area (Å²) in [5.41, 5.74) is 6.29. The van der Waals surface area contributed by atoms with Crippen LogP contribution in [-0.4, -0.2) is 33.7 Å². The predicted octanol–water partition coefficient (Wildman–Crippen LogP) is 2.24. The van der Waals surface area contributed by atoms with E-state index in [0.717, 1.165) is 37.7 Å². The van der Waals surface area contributed by atoms with Crippen molar-refractivity contribution in [2.24, 2.45) is 11.7 Å². The topological polar surface area (TPSA) is 64.2 Å². The number of carbonyl (C=O) groups is 1. The summed E-state index contributed by atoms with van der Waals surface area (Å²) in [5.74, 6) is -1.13. The Balaban J connectivity index is 1.60. The average molecular weight is 334 g/mol. The maximum atomic E-state index is 13.8. The van der Waals surface area contributed by atoms with Crippen LogP contribution in [0, 0.1) is 17.6 Å². The number of benzene rings is 1. The number of halogens is 2. The van der Waals surface area contributed by atoms with Gasteiger partial charge in [-0.2, -0.15) is 5.10 Å². The van der Waals surface area contributed by atoms with E-state index < -0.39 is 11.6 Å². The number of nitrogens with two attached hydrogens (primary N) is 1. The predicted molar refractivity (Wildman–Crippen MR) is 85.3 cm³/mol. The van der Waals surface area contributed by atoms with Crippen LogP contribution in [0.15, 0.2) is 30.5 Å². The summed E-state index contributed by atoms with van der Waals surface area (Å²) >= 11 is 0. The van der Waals surface area contributed by atoms with Gasteiger partial charge in [0.15, 0.2) is 5.82 Å². The van der Waals surface area contributed by atoms with E-state index in [1.807, 2.05) is 6.07 Å². The molecule has 0 unspecified atom stereocenters. The van der Waals surface area contributed by atoms with Crippen LogP contribution in [0.1, 0.15) is 25.0 Å². The zero-order valence-corrected chi connectivity index (χ0v) is 13.3. The first-order valence-corrected chi connectivity index (χ1v) is 8.02. The largest absolute Gasteiger partial charge is 0.370 e. The molecule has 3 rings (SSSR count). The number of carbonyl (C=O) groups excluding carboxylic acids is 1. The van der Waals surface area contributed by atoms with Gasteiger partial charge in [0.2, 0.25) is 5.91 Å². The Labute approximate surface area is 139 Å². The van der Waals surface area contributed by atoms with Gasteiger partial charge >= 0.3 is 0 Å². The maximum Gasteiger partial charge on any atom is 0.217 e. The Bertz CT molecular complexity index is 723. The minimum absolute atomic E-state index is 0.225. The molecule has 0 aliphatic carbocycles. The van der Waals surface area contributed by atoms with Gasteiger partial charge in [-0.1, -0.05) is 0 Å². The zero-order chi connectivity index (χ0) is 17.1. The summed E-state index contributed by atoms with van der Waals surface area (Å²) < 4.78 is 28.2. The molecule has 0 spiro atoms. The monoisotopic (exact) mass is 334 g/mol. The van der Waals surface area contributed by atoms with Gasteiger partial charge in [0.1, 0.15) is 11.5 Å². The third-order valence-corrected chi connectivity index (χ3v) is 4.38. The second-order valence-electron chi connectivity index (χ2n) is 6.24. The lowest BCUT2D eigenvalue weighted by atomic mass is 9.93. The van der Waals surface area contributed by atoms with Crippen molar-refractivity contribution in [2.75, 3.05) is 13.1 Å². The van der Waals surface area contributed by atoms with E-state index in [9.17, 15) is 13.6 Å². The third kappa shape index (κ3) is 3.97. The molecular formula is C17H20F2N4O. The average Bonchev–Trinajstić information content (AvgIpc) is 2.97. The van der Waals surface area contributed by atoms with Crippen LogP contribution >= 0.6 is 0 Å². The first kappa shape index (κ1) is 16.6. The van der Waals surface area contributed by atoms with E-state index >= 15 is 0 Å². The van der Waals surface area contributed by atoms with Crippen molar-refractivity contribution < 1.29 is 13.6 Å². The quantitative estimate of drug-likeness (QED) is 0.912. The molecule has 1 amide bonds. The fourth-order valence-electron chi connectivity index (χ4n) is 3.11. The molecule has 2 aromatic rings. The highest BCUT2D eigenvalue weighted by Gasteiger charge is 2.21. The molecule has 1 fully saturated rings. The van der Waals surface area contributed by atoms with Crippen molar-refractivity contribution in [3.63, 3.8) is 0 Å². The standard InChI is InChI=1S/C17H20F2N4O/c18-13-1-2-16(15(19)10-13)23-8-5-14(21-23)11-22-6-3-12(4-7-22)9-17(20)24/h1-2,5,8,10,12H,3-4,6-7,9,11H2,(H2,20,24). The van der Waals surface area contributed by atoms with Crippen LogP contribution in [0.5, 0.6) is 0 Å². The van der Waals surface area contributed by atoms with E-state index in [1.54, 1.807) is 6.20 Å². The van der Waals surface area contributed by atoms with Crippen LogP contribution in [-0.2, 0) is 11.3 Å². The summed E-state index contributed by atoms with van der Waals surface area (Å²) in [5, 5.41) is 4.37. The second-order valence-corrected chi connectivity index (χ2v) is 6.24. The van der Waals surface area contributed by atoms with E-state index in [4.69, 9.17) is 5.73 Å². The lowest BCUT2D eigenvalue weighted by Gasteiger charge is -2.30. The highest BCUT2D eigenvalue weighted by molar-refractivity contribution is 5.73. The number of aromatic nitrogens is 2. The number of nitrogens with zero attached hydrogens (tertiary/aromatic N) is 3. The van der Waals surface area contributed by atoms with Crippen molar-refractivity contribution >= 4 is 5.91 Å². The van der Waals surface area contributed by atoms with Gasteiger partial charge in [0.25, 0.3) is 0 Å². The number of rotatable bonds is 5. The molecule has 1 aliphatic heterocycles. The molecule has 128 valence electrons. The lowest BCUT2D eigenvalue weighted by Crippen LogP contribution is -2.34. The van der Waals surface area contributed by atoms with Crippen LogP contribution in [0.3, 0.4) is 0 Å². The van der Waals surface area contributed by atoms with E-state index in [2.05, 4.69) is 10.00 Å². The molecule has 1 aliphatic rings. The Morgan fingerprint density at radius 3 is 2.67 bits per heavy atom. The van der Waals surface area contributed by atoms with Gasteiger partial charge in [-0.15, -0.1) is 0 Å². The van der Waals surface area contributed by atoms with Crippen LogP contribution in [0.4, 0.5) is 8.78 Å². The minimum Gasteiger partial charge on any atom is -0.370 e. The van der Waals surface area contributed by atoms with E-state index in [1.165, 1.54) is 16.8 Å². The molecule has 1 aromatic heterocycles. The van der Waals surface area contributed by atoms with Crippen LogP contribution in [0.25, 0.3) is 5.69 Å². The zero-order valence-electron chi connectivity index (χ0n) is 13.3. The fourth-order valence-corrected chi connectivity index (χ4v) is 3.11. The first-order chi connectivity index (χ1) is 11.5. The fraction of sp³-hybridized carbons (Fsp3) is 0.412. The highest BCUT2D eigenvalue weighted by Crippen LogP contribution is 2.21. The molecule has 2 heterocycles. The smallest absolute Gasteiger partial charge is 0.217 e. The van der Waals surface area contributed by atoms with E-state index in [0.29, 0.717) is 18.9 Å². The molecule has 2 N–H and O–H groups in total. The van der Waals surface area contributed by atoms with Crippen LogP contribution in [0.2, 0.25) is 0 Å². The van der Waals surface area contributed by atoms with Crippen LogP contribution < -0.4 is 5.73 Å². The molecule has 24 heavy (non-hydrogen) atoms. The normalized spacial score (nSPS) is 16.4. The maximum absolute atomic E-state index is 13.8. The number of hydrogen-bond donors (Lipinski definition) is 1. The minimum atomic E-state index is -0.642. The lowest BCUT2D eigenvalue weighted by molar-refractivity contribution is -0.119. The Morgan fingerprint density at radius 2 is 2.00 bits per heavy atom. The number of piperidine rings is 1. The number of primary amides is 1. The Kier molecular flexibility index (Phi) is 4.89. The van der Waals surface area contributed by atoms with E-state index in [-0.39, 0.29) is 11.6 Å². The molecule has 0 saturated carbocycles. The Morgan fingerprint density at radius 1 is 1.25 bits per heavy atom.